The van der Waals surface area contributed by atoms with Gasteiger partial charge >= 0.3 is 0 Å². The van der Waals surface area contributed by atoms with Crippen molar-refractivity contribution < 1.29 is 14.7 Å². The smallest absolute Gasteiger partial charge is 0.271 e. The second-order valence-corrected chi connectivity index (χ2v) is 7.56. The first kappa shape index (κ1) is 20.5. The van der Waals surface area contributed by atoms with Gasteiger partial charge in [-0.1, -0.05) is 42.5 Å². The van der Waals surface area contributed by atoms with Crippen LogP contribution < -0.4 is 16.8 Å². The van der Waals surface area contributed by atoms with E-state index in [9.17, 15) is 14.7 Å². The van der Waals surface area contributed by atoms with E-state index in [1.165, 1.54) is 23.5 Å². The Hall–Kier alpha value is -3.23. The summed E-state index contributed by atoms with van der Waals surface area (Å²) in [5.41, 5.74) is 13.7. The maximum atomic E-state index is 12.5. The summed E-state index contributed by atoms with van der Waals surface area (Å²) in [5, 5.41) is 14.2. The molecule has 6 N–H and O–H groups in total. The number of nitrogens with two attached hydrogens (primary N) is 2. The minimum atomic E-state index is -0.893. The van der Waals surface area contributed by atoms with Crippen molar-refractivity contribution in [2.24, 2.45) is 11.5 Å². The van der Waals surface area contributed by atoms with E-state index in [4.69, 9.17) is 11.5 Å². The van der Waals surface area contributed by atoms with Gasteiger partial charge in [-0.3, -0.25) is 9.59 Å². The maximum Gasteiger partial charge on any atom is 0.271 e. The number of nitrogens with one attached hydrogen (secondary N) is 1. The highest BCUT2D eigenvalue weighted by molar-refractivity contribution is 7.09. The zero-order valence-corrected chi connectivity index (χ0v) is 16.4. The van der Waals surface area contributed by atoms with E-state index in [1.54, 1.807) is 17.5 Å². The summed E-state index contributed by atoms with van der Waals surface area (Å²) in [4.78, 5) is 28.7. The number of rotatable bonds is 8. The third-order valence-electron chi connectivity index (χ3n) is 4.40. The SMILES string of the molecule is NC(=O)C(Cc1ccc(O)cc1)NC(=O)c1csc(C(N)Cc2ccccc2)n1. The van der Waals surface area contributed by atoms with Gasteiger partial charge in [-0.25, -0.2) is 4.98 Å². The molecule has 2 amide bonds. The zero-order chi connectivity index (χ0) is 20.8. The predicted molar refractivity (Wildman–Crippen MR) is 111 cm³/mol. The molecule has 150 valence electrons. The van der Waals surface area contributed by atoms with Gasteiger partial charge in [0.1, 0.15) is 22.5 Å². The molecule has 2 unspecified atom stereocenters. The van der Waals surface area contributed by atoms with Crippen molar-refractivity contribution in [2.45, 2.75) is 24.9 Å². The molecular formula is C21H22N4O3S. The lowest BCUT2D eigenvalue weighted by Gasteiger charge is -2.15. The van der Waals surface area contributed by atoms with E-state index in [2.05, 4.69) is 10.3 Å². The Bertz CT molecular complexity index is 973. The molecule has 0 saturated heterocycles. The van der Waals surface area contributed by atoms with Crippen molar-refractivity contribution in [3.8, 4) is 5.75 Å². The molecule has 29 heavy (non-hydrogen) atoms. The van der Waals surface area contributed by atoms with Crippen molar-refractivity contribution in [3.05, 3.63) is 81.8 Å². The first-order valence-electron chi connectivity index (χ1n) is 9.05. The highest BCUT2D eigenvalue weighted by Gasteiger charge is 2.22. The third-order valence-corrected chi connectivity index (χ3v) is 5.37. The fraction of sp³-hybridized carbons (Fsp3) is 0.190. The Morgan fingerprint density at radius 2 is 1.69 bits per heavy atom. The van der Waals surface area contributed by atoms with Gasteiger partial charge < -0.3 is 21.9 Å². The molecule has 8 heteroatoms. The summed E-state index contributed by atoms with van der Waals surface area (Å²) in [6.07, 6.45) is 0.825. The van der Waals surface area contributed by atoms with Crippen molar-refractivity contribution >= 4 is 23.2 Å². The molecule has 0 aliphatic heterocycles. The summed E-state index contributed by atoms with van der Waals surface area (Å²) >= 11 is 1.31. The number of aromatic nitrogens is 1. The number of hydrogen-bond donors (Lipinski definition) is 4. The number of carbonyl (C=O) groups is 2. The number of thiazole rings is 1. The van der Waals surface area contributed by atoms with E-state index < -0.39 is 17.9 Å². The van der Waals surface area contributed by atoms with Gasteiger partial charge in [0.05, 0.1) is 6.04 Å². The van der Waals surface area contributed by atoms with Gasteiger partial charge in [-0.05, 0) is 29.7 Å². The number of hydrogen-bond acceptors (Lipinski definition) is 6. The minimum absolute atomic E-state index is 0.121. The Kier molecular flexibility index (Phi) is 6.58. The van der Waals surface area contributed by atoms with Crippen LogP contribution >= 0.6 is 11.3 Å². The van der Waals surface area contributed by atoms with E-state index in [0.717, 1.165) is 11.1 Å². The molecule has 0 aliphatic carbocycles. The Labute approximate surface area is 172 Å². The van der Waals surface area contributed by atoms with Gasteiger partial charge in [-0.2, -0.15) is 0 Å². The molecule has 0 bridgehead atoms. The van der Waals surface area contributed by atoms with Crippen LogP contribution in [0.25, 0.3) is 0 Å². The summed E-state index contributed by atoms with van der Waals surface area (Å²) in [5.74, 6) is -1.01. The molecule has 1 heterocycles. The molecular weight excluding hydrogens is 388 g/mol. The van der Waals surface area contributed by atoms with E-state index >= 15 is 0 Å². The normalized spacial score (nSPS) is 12.9. The number of aromatic hydroxyl groups is 1. The van der Waals surface area contributed by atoms with E-state index in [1.807, 2.05) is 30.3 Å². The number of nitrogens with zero attached hydrogens (tertiary/aromatic N) is 1. The van der Waals surface area contributed by atoms with Crippen LogP contribution in [0.2, 0.25) is 0 Å². The molecule has 3 aromatic rings. The first-order chi connectivity index (χ1) is 13.9. The zero-order valence-electron chi connectivity index (χ0n) is 15.6. The predicted octanol–water partition coefficient (Wildman–Crippen LogP) is 1.92. The monoisotopic (exact) mass is 410 g/mol. The van der Waals surface area contributed by atoms with Gasteiger partial charge in [0.2, 0.25) is 5.91 Å². The molecule has 0 fully saturated rings. The molecule has 0 aliphatic rings. The third kappa shape index (κ3) is 5.63. The lowest BCUT2D eigenvalue weighted by molar-refractivity contribution is -0.119. The van der Waals surface area contributed by atoms with Crippen molar-refractivity contribution in [1.82, 2.24) is 10.3 Å². The molecule has 1 aromatic heterocycles. The topological polar surface area (TPSA) is 131 Å². The van der Waals surface area contributed by atoms with Crippen LogP contribution in [0, 0.1) is 0 Å². The summed E-state index contributed by atoms with van der Waals surface area (Å²) in [6, 6.07) is 14.9. The number of phenols is 1. The summed E-state index contributed by atoms with van der Waals surface area (Å²) in [6.45, 7) is 0. The molecule has 0 spiro atoms. The number of carbonyl (C=O) groups excluding carboxylic acids is 2. The number of benzene rings is 2. The lowest BCUT2D eigenvalue weighted by atomic mass is 10.1. The minimum Gasteiger partial charge on any atom is -0.508 e. The van der Waals surface area contributed by atoms with Crippen LogP contribution in [-0.4, -0.2) is 27.9 Å². The second kappa shape index (κ2) is 9.31. The fourth-order valence-corrected chi connectivity index (χ4v) is 3.64. The average Bonchev–Trinajstić information content (AvgIpc) is 3.20. The second-order valence-electron chi connectivity index (χ2n) is 6.67. The molecule has 3 rings (SSSR count). The average molecular weight is 410 g/mol. The Morgan fingerprint density at radius 1 is 1.03 bits per heavy atom. The Morgan fingerprint density at radius 3 is 2.34 bits per heavy atom. The number of primary amides is 1. The van der Waals surface area contributed by atoms with Gasteiger partial charge in [0.15, 0.2) is 0 Å². The first-order valence-corrected chi connectivity index (χ1v) is 9.93. The van der Waals surface area contributed by atoms with Crippen LogP contribution in [0.3, 0.4) is 0 Å². The number of amides is 2. The molecule has 2 atom stereocenters. The van der Waals surface area contributed by atoms with Gasteiger partial charge in [-0.15, -0.1) is 11.3 Å². The quantitative estimate of drug-likeness (QED) is 0.450. The van der Waals surface area contributed by atoms with Crippen LogP contribution in [0.1, 0.15) is 32.7 Å². The van der Waals surface area contributed by atoms with Crippen molar-refractivity contribution in [3.63, 3.8) is 0 Å². The van der Waals surface area contributed by atoms with E-state index in [-0.39, 0.29) is 23.9 Å². The van der Waals surface area contributed by atoms with Gasteiger partial charge in [0.25, 0.3) is 5.91 Å². The number of phenolic OH excluding ortho intramolecular Hbond substituents is 1. The van der Waals surface area contributed by atoms with Crippen LogP contribution in [0.5, 0.6) is 5.75 Å². The molecule has 7 nitrogen and oxygen atoms in total. The summed E-state index contributed by atoms with van der Waals surface area (Å²) in [7, 11) is 0. The van der Waals surface area contributed by atoms with Crippen molar-refractivity contribution in [1.29, 1.82) is 0 Å². The van der Waals surface area contributed by atoms with Crippen LogP contribution in [0.15, 0.2) is 60.0 Å². The van der Waals surface area contributed by atoms with E-state index in [0.29, 0.717) is 11.4 Å². The highest BCUT2D eigenvalue weighted by atomic mass is 32.1. The Balaban J connectivity index is 1.64. The lowest BCUT2D eigenvalue weighted by Crippen LogP contribution is -2.46. The summed E-state index contributed by atoms with van der Waals surface area (Å²) < 4.78 is 0. The fourth-order valence-electron chi connectivity index (χ4n) is 2.84. The molecule has 2 aromatic carbocycles. The standard InChI is InChI=1S/C21H22N4O3S/c22-16(10-13-4-2-1-3-5-13)21-25-18(12-29-21)20(28)24-17(19(23)27)11-14-6-8-15(26)9-7-14/h1-9,12,16-17,26H,10-11,22H2,(H2,23,27)(H,24,28). The van der Waals surface area contributed by atoms with Crippen LogP contribution in [0.4, 0.5) is 0 Å². The van der Waals surface area contributed by atoms with Crippen molar-refractivity contribution in [2.75, 3.05) is 0 Å². The maximum absolute atomic E-state index is 12.5. The van der Waals surface area contributed by atoms with Gasteiger partial charge in [0, 0.05) is 11.8 Å². The van der Waals surface area contributed by atoms with Crippen LogP contribution in [-0.2, 0) is 17.6 Å². The highest BCUT2D eigenvalue weighted by Crippen LogP contribution is 2.20. The molecule has 0 radical (unpaired) electrons. The molecule has 0 saturated carbocycles. The largest absolute Gasteiger partial charge is 0.508 e.